The molecule has 1 saturated carbocycles. The molecule has 0 amide bonds. The minimum absolute atomic E-state index is 0.0706. The number of esters is 1. The molecule has 1 aromatic carbocycles. The molecule has 1 atom stereocenters. The molecular formula is C18H22N4O3. The van der Waals surface area contributed by atoms with E-state index < -0.39 is 17.3 Å². The van der Waals surface area contributed by atoms with Crippen LogP contribution in [0.15, 0.2) is 36.5 Å². The lowest BCUT2D eigenvalue weighted by Gasteiger charge is -2.30. The molecule has 1 aromatic heterocycles. The summed E-state index contributed by atoms with van der Waals surface area (Å²) in [4.78, 5) is 26.0. The second-order valence-corrected chi connectivity index (χ2v) is 6.37. The number of ether oxygens (including phenoxy) is 1. The number of Topliss-reactive ketones (excluding diaryl/α,β-unsaturated/α-hetero) is 1. The van der Waals surface area contributed by atoms with Crippen molar-refractivity contribution in [3.05, 3.63) is 47.7 Å². The largest absolute Gasteiger partial charge is 0.460 e. The summed E-state index contributed by atoms with van der Waals surface area (Å²) in [7, 11) is 0. The number of anilines is 1. The number of nitrogen functional groups attached to an aromatic ring is 1. The fourth-order valence-corrected chi connectivity index (χ4v) is 3.16. The molecule has 7 heteroatoms. The number of ketones is 1. The molecule has 0 spiro atoms. The number of benzene rings is 1. The highest BCUT2D eigenvalue weighted by Gasteiger charge is 2.47. The SMILES string of the molecule is Nc1[nH]ncc1C(=O)C(N)(C(=O)OC1CCCCC1)c1ccccc1. The van der Waals surface area contributed by atoms with Crippen molar-refractivity contribution in [1.82, 2.24) is 10.2 Å². The lowest BCUT2D eigenvalue weighted by atomic mass is 9.83. The third-order valence-electron chi connectivity index (χ3n) is 4.65. The highest BCUT2D eigenvalue weighted by atomic mass is 16.5. The van der Waals surface area contributed by atoms with Gasteiger partial charge in [-0.25, -0.2) is 4.79 Å². The van der Waals surface area contributed by atoms with Crippen molar-refractivity contribution in [2.24, 2.45) is 5.73 Å². The summed E-state index contributed by atoms with van der Waals surface area (Å²) in [6.07, 6.45) is 5.79. The molecule has 0 saturated heterocycles. The Morgan fingerprint density at radius 1 is 1.16 bits per heavy atom. The third kappa shape index (κ3) is 3.28. The van der Waals surface area contributed by atoms with Crippen molar-refractivity contribution < 1.29 is 14.3 Å². The van der Waals surface area contributed by atoms with Gasteiger partial charge < -0.3 is 16.2 Å². The molecule has 1 unspecified atom stereocenters. The summed E-state index contributed by atoms with van der Waals surface area (Å²) in [5.74, 6) is -1.32. The van der Waals surface area contributed by atoms with Crippen LogP contribution in [-0.2, 0) is 15.1 Å². The molecule has 0 bridgehead atoms. The predicted molar refractivity (Wildman–Crippen MR) is 92.6 cm³/mol. The Balaban J connectivity index is 1.95. The fourth-order valence-electron chi connectivity index (χ4n) is 3.16. The Hall–Kier alpha value is -2.67. The van der Waals surface area contributed by atoms with E-state index in [9.17, 15) is 9.59 Å². The molecule has 7 nitrogen and oxygen atoms in total. The number of hydrogen-bond acceptors (Lipinski definition) is 6. The second kappa shape index (κ2) is 7.06. The van der Waals surface area contributed by atoms with Gasteiger partial charge in [-0.15, -0.1) is 0 Å². The monoisotopic (exact) mass is 342 g/mol. The van der Waals surface area contributed by atoms with Gasteiger partial charge in [0, 0.05) is 0 Å². The highest BCUT2D eigenvalue weighted by Crippen LogP contribution is 2.29. The van der Waals surface area contributed by atoms with Gasteiger partial charge in [-0.3, -0.25) is 9.89 Å². The van der Waals surface area contributed by atoms with E-state index in [-0.39, 0.29) is 17.5 Å². The summed E-state index contributed by atoms with van der Waals surface area (Å²) < 4.78 is 5.61. The number of nitrogens with one attached hydrogen (secondary N) is 1. The number of nitrogens with two attached hydrogens (primary N) is 2. The summed E-state index contributed by atoms with van der Waals surface area (Å²) >= 11 is 0. The second-order valence-electron chi connectivity index (χ2n) is 6.37. The minimum atomic E-state index is -1.96. The van der Waals surface area contributed by atoms with Crippen LogP contribution in [0.3, 0.4) is 0 Å². The van der Waals surface area contributed by atoms with E-state index in [1.165, 1.54) is 6.20 Å². The molecule has 1 aliphatic carbocycles. The van der Waals surface area contributed by atoms with Gasteiger partial charge in [-0.2, -0.15) is 5.10 Å². The third-order valence-corrected chi connectivity index (χ3v) is 4.65. The average Bonchev–Trinajstić information content (AvgIpc) is 3.07. The molecule has 132 valence electrons. The van der Waals surface area contributed by atoms with Gasteiger partial charge in [0.05, 0.1) is 11.8 Å². The number of carbonyl (C=O) groups excluding carboxylic acids is 2. The lowest BCUT2D eigenvalue weighted by molar-refractivity contribution is -0.155. The molecular weight excluding hydrogens is 320 g/mol. The number of rotatable bonds is 5. The first kappa shape index (κ1) is 17.2. The topological polar surface area (TPSA) is 124 Å². The predicted octanol–water partition coefficient (Wildman–Crippen LogP) is 1.90. The first-order valence-corrected chi connectivity index (χ1v) is 8.42. The number of hydrogen-bond donors (Lipinski definition) is 3. The molecule has 25 heavy (non-hydrogen) atoms. The van der Waals surface area contributed by atoms with E-state index >= 15 is 0 Å². The molecule has 2 aromatic rings. The Morgan fingerprint density at radius 3 is 2.44 bits per heavy atom. The van der Waals surface area contributed by atoms with Gasteiger partial charge in [-0.05, 0) is 31.2 Å². The zero-order chi connectivity index (χ0) is 17.9. The number of carbonyl (C=O) groups is 2. The van der Waals surface area contributed by atoms with Crippen LogP contribution in [0.2, 0.25) is 0 Å². The number of aromatic amines is 1. The van der Waals surface area contributed by atoms with Gasteiger partial charge in [-0.1, -0.05) is 36.8 Å². The van der Waals surface area contributed by atoms with Crippen LogP contribution in [0.25, 0.3) is 0 Å². The maximum atomic E-state index is 13.1. The van der Waals surface area contributed by atoms with Crippen LogP contribution in [0.5, 0.6) is 0 Å². The quantitative estimate of drug-likeness (QED) is 0.433. The van der Waals surface area contributed by atoms with Gasteiger partial charge >= 0.3 is 5.97 Å². The number of aromatic nitrogens is 2. The van der Waals surface area contributed by atoms with Crippen molar-refractivity contribution >= 4 is 17.6 Å². The summed E-state index contributed by atoms with van der Waals surface area (Å²) in [5, 5.41) is 6.24. The van der Waals surface area contributed by atoms with Crippen LogP contribution in [0, 0.1) is 0 Å². The van der Waals surface area contributed by atoms with E-state index in [1.807, 2.05) is 0 Å². The fraction of sp³-hybridized carbons (Fsp3) is 0.389. The summed E-state index contributed by atoms with van der Waals surface area (Å²) in [6, 6.07) is 8.49. The van der Waals surface area contributed by atoms with Crippen LogP contribution < -0.4 is 11.5 Å². The molecule has 1 aliphatic rings. The van der Waals surface area contributed by atoms with Gasteiger partial charge in [0.25, 0.3) is 0 Å². The van der Waals surface area contributed by atoms with Crippen molar-refractivity contribution in [3.8, 4) is 0 Å². The zero-order valence-electron chi connectivity index (χ0n) is 13.9. The molecule has 5 N–H and O–H groups in total. The Morgan fingerprint density at radius 2 is 1.84 bits per heavy atom. The highest BCUT2D eigenvalue weighted by molar-refractivity contribution is 6.18. The number of H-pyrrole nitrogens is 1. The first-order chi connectivity index (χ1) is 12.0. The molecule has 1 fully saturated rings. The minimum Gasteiger partial charge on any atom is -0.460 e. The molecule has 0 radical (unpaired) electrons. The lowest BCUT2D eigenvalue weighted by Crippen LogP contribution is -2.53. The molecule has 1 heterocycles. The van der Waals surface area contributed by atoms with Gasteiger partial charge in [0.2, 0.25) is 11.3 Å². The maximum Gasteiger partial charge on any atom is 0.339 e. The van der Waals surface area contributed by atoms with E-state index in [1.54, 1.807) is 30.3 Å². The van der Waals surface area contributed by atoms with E-state index in [4.69, 9.17) is 16.2 Å². The Labute approximate surface area is 145 Å². The first-order valence-electron chi connectivity index (χ1n) is 8.42. The van der Waals surface area contributed by atoms with E-state index in [0.717, 1.165) is 32.1 Å². The normalized spacial score (nSPS) is 17.6. The van der Waals surface area contributed by atoms with Crippen LogP contribution >= 0.6 is 0 Å². The smallest absolute Gasteiger partial charge is 0.339 e. The van der Waals surface area contributed by atoms with Crippen LogP contribution in [-0.4, -0.2) is 28.1 Å². The van der Waals surface area contributed by atoms with Gasteiger partial charge in [0.15, 0.2) is 0 Å². The van der Waals surface area contributed by atoms with Crippen molar-refractivity contribution in [2.75, 3.05) is 5.73 Å². The summed E-state index contributed by atoms with van der Waals surface area (Å²) in [5.41, 5.74) is 10.6. The van der Waals surface area contributed by atoms with Crippen LogP contribution in [0.1, 0.15) is 48.0 Å². The average molecular weight is 342 g/mol. The maximum absolute atomic E-state index is 13.1. The van der Waals surface area contributed by atoms with E-state index in [0.29, 0.717) is 5.56 Å². The Kier molecular flexibility index (Phi) is 4.85. The van der Waals surface area contributed by atoms with Crippen molar-refractivity contribution in [1.29, 1.82) is 0 Å². The van der Waals surface area contributed by atoms with Gasteiger partial charge in [0.1, 0.15) is 11.9 Å². The zero-order valence-corrected chi connectivity index (χ0v) is 13.9. The summed E-state index contributed by atoms with van der Waals surface area (Å²) in [6.45, 7) is 0. The van der Waals surface area contributed by atoms with Crippen molar-refractivity contribution in [2.45, 2.75) is 43.7 Å². The van der Waals surface area contributed by atoms with E-state index in [2.05, 4.69) is 10.2 Å². The standard InChI is InChI=1S/C18H22N4O3/c19-16-14(11-21-22-16)15(23)18(20,12-7-3-1-4-8-12)17(24)25-13-9-5-2-6-10-13/h1,3-4,7-8,11,13H,2,5-6,9-10,20H2,(H3,19,21,22). The Bertz CT molecular complexity index is 753. The van der Waals surface area contributed by atoms with Crippen LogP contribution in [0.4, 0.5) is 5.82 Å². The number of nitrogens with zero attached hydrogens (tertiary/aromatic N) is 1. The molecule has 3 rings (SSSR count). The van der Waals surface area contributed by atoms with Crippen molar-refractivity contribution in [3.63, 3.8) is 0 Å². The molecule has 0 aliphatic heterocycles.